The molecule has 0 heterocycles. The van der Waals surface area contributed by atoms with Crippen LogP contribution in [0.1, 0.15) is 0 Å². The summed E-state index contributed by atoms with van der Waals surface area (Å²) in [4.78, 5) is 10.8. The van der Waals surface area contributed by atoms with E-state index in [4.69, 9.17) is 0 Å². The van der Waals surface area contributed by atoms with Crippen LogP contribution in [-0.2, 0) is 9.53 Å². The van der Waals surface area contributed by atoms with Gasteiger partial charge in [0, 0.05) is 0 Å². The van der Waals surface area contributed by atoms with Gasteiger partial charge in [-0.3, -0.25) is 0 Å². The number of esters is 1. The van der Waals surface area contributed by atoms with Crippen molar-refractivity contribution in [3.8, 4) is 0 Å². The first-order chi connectivity index (χ1) is 4.76. The van der Waals surface area contributed by atoms with Gasteiger partial charge in [0.15, 0.2) is 0 Å². The first-order valence-corrected chi connectivity index (χ1v) is 5.93. The van der Waals surface area contributed by atoms with Crippen LogP contribution < -0.4 is 4.33 Å². The molecule has 6 heteroatoms. The predicted octanol–water partition coefficient (Wildman–Crippen LogP) is 0.137. The van der Waals surface area contributed by atoms with Gasteiger partial charge in [0.25, 0.3) is 0 Å². The zero-order valence-corrected chi connectivity index (χ0v) is 9.79. The first-order valence-electron chi connectivity index (χ1n) is 2.73. The van der Waals surface area contributed by atoms with Crippen molar-refractivity contribution in [2.75, 3.05) is 12.9 Å². The molecule has 0 aromatic rings. The fourth-order valence-electron chi connectivity index (χ4n) is 0.444. The smallest absolute Gasteiger partial charge is 0.147 e. The Morgan fingerprint density at radius 2 is 2.36 bits per heavy atom. The fourth-order valence-corrected chi connectivity index (χ4v) is 1.94. The summed E-state index contributed by atoms with van der Waals surface area (Å²) in [6, 6.07) is -0.238. The molecule has 0 bridgehead atoms. The van der Waals surface area contributed by atoms with Crippen LogP contribution in [0.15, 0.2) is 0 Å². The van der Waals surface area contributed by atoms with Crippen LogP contribution in [0.25, 0.3) is 0 Å². The molecular weight excluding hydrogens is 253 g/mol. The van der Waals surface area contributed by atoms with E-state index in [0.717, 1.165) is 0 Å². The second-order valence-electron chi connectivity index (χ2n) is 1.58. The fraction of sp³-hybridized carbons (Fsp3) is 0.800. The number of thiol groups is 1. The maximum atomic E-state index is 10.8. The Hall–Kier alpha value is 0.589. The molecule has 0 rings (SSSR count). The second kappa shape index (κ2) is 8.68. The number of nitrogens with one attached hydrogen (secondary N) is 1. The molecule has 0 fully saturated rings. The van der Waals surface area contributed by atoms with Crippen molar-refractivity contribution < 1.29 is 9.53 Å². The van der Waals surface area contributed by atoms with Gasteiger partial charge in [0.1, 0.15) is 0 Å². The van der Waals surface area contributed by atoms with Crippen molar-refractivity contribution in [3.63, 3.8) is 0 Å². The summed E-state index contributed by atoms with van der Waals surface area (Å²) < 4.78 is 7.51. The quantitative estimate of drug-likeness (QED) is 0.431. The molecule has 11 heavy (non-hydrogen) atoms. The number of hydrogen-bond acceptors (Lipinski definition) is 4. The van der Waals surface area contributed by atoms with E-state index in [0.29, 0.717) is 5.75 Å². The van der Waals surface area contributed by atoms with Gasteiger partial charge in [-0.15, -0.1) is 12.4 Å². The molecule has 0 aliphatic carbocycles. The van der Waals surface area contributed by atoms with E-state index in [2.05, 4.69) is 21.7 Å². The van der Waals surface area contributed by atoms with E-state index in [9.17, 15) is 4.79 Å². The molecule has 0 spiro atoms. The van der Waals surface area contributed by atoms with E-state index in [1.165, 1.54) is 7.11 Å². The van der Waals surface area contributed by atoms with Crippen molar-refractivity contribution in [1.82, 2.24) is 4.33 Å². The Bertz CT molecular complexity index is 117. The van der Waals surface area contributed by atoms with Crippen LogP contribution in [0.3, 0.4) is 0 Å². The van der Waals surface area contributed by atoms with Crippen molar-refractivity contribution in [2.45, 2.75) is 11.9 Å². The molecular formula is C5H12ClNO2SSe. The summed E-state index contributed by atoms with van der Waals surface area (Å²) in [7, 11) is 1.38. The molecule has 0 amide bonds. The Balaban J connectivity index is 0. The number of ether oxygens (including phenoxy) is 1. The van der Waals surface area contributed by atoms with Crippen molar-refractivity contribution in [2.24, 2.45) is 0 Å². The zero-order chi connectivity index (χ0) is 7.98. The van der Waals surface area contributed by atoms with E-state index in [1.807, 2.05) is 5.82 Å². The number of methoxy groups -OCH3 is 1. The van der Waals surface area contributed by atoms with Crippen LogP contribution in [0.2, 0.25) is 5.82 Å². The number of carbonyl (C=O) groups is 1. The van der Waals surface area contributed by atoms with Crippen LogP contribution in [0, 0.1) is 0 Å². The van der Waals surface area contributed by atoms with Crippen LogP contribution in [0.5, 0.6) is 0 Å². The van der Waals surface area contributed by atoms with Gasteiger partial charge in [-0.05, 0) is 0 Å². The Labute approximate surface area is 84.8 Å². The van der Waals surface area contributed by atoms with Gasteiger partial charge in [-0.25, -0.2) is 0 Å². The predicted molar refractivity (Wildman–Crippen MR) is 51.7 cm³/mol. The molecule has 0 radical (unpaired) electrons. The van der Waals surface area contributed by atoms with Crippen molar-refractivity contribution >= 4 is 46.2 Å². The van der Waals surface area contributed by atoms with E-state index < -0.39 is 0 Å². The van der Waals surface area contributed by atoms with Gasteiger partial charge in [0.2, 0.25) is 0 Å². The third-order valence-electron chi connectivity index (χ3n) is 0.928. The summed E-state index contributed by atoms with van der Waals surface area (Å²) in [5, 5.41) is 0. The number of hydrogen-bond donors (Lipinski definition) is 2. The summed E-state index contributed by atoms with van der Waals surface area (Å²) in [6.45, 7) is 0. The van der Waals surface area contributed by atoms with E-state index in [1.54, 1.807) is 0 Å². The molecule has 0 aliphatic rings. The van der Waals surface area contributed by atoms with Crippen molar-refractivity contribution in [1.29, 1.82) is 0 Å². The van der Waals surface area contributed by atoms with E-state index >= 15 is 0 Å². The number of rotatable bonds is 4. The average Bonchev–Trinajstić information content (AvgIpc) is 1.99. The summed E-state index contributed by atoms with van der Waals surface area (Å²) in [5.74, 6) is 2.24. The minimum absolute atomic E-state index is 0. The molecule has 68 valence electrons. The Morgan fingerprint density at radius 3 is 2.64 bits per heavy atom. The van der Waals surface area contributed by atoms with Gasteiger partial charge in [-0.1, -0.05) is 0 Å². The van der Waals surface area contributed by atoms with Crippen LogP contribution >= 0.6 is 25.0 Å². The topological polar surface area (TPSA) is 38.3 Å². The second-order valence-corrected chi connectivity index (χ2v) is 3.30. The normalized spacial score (nSPS) is 11.5. The minimum atomic E-state index is -0.238. The van der Waals surface area contributed by atoms with Gasteiger partial charge >= 0.3 is 72.4 Å². The average molecular weight is 265 g/mol. The van der Waals surface area contributed by atoms with Gasteiger partial charge < -0.3 is 0 Å². The van der Waals surface area contributed by atoms with Gasteiger partial charge in [0.05, 0.1) is 0 Å². The molecule has 0 aromatic carbocycles. The van der Waals surface area contributed by atoms with Crippen molar-refractivity contribution in [3.05, 3.63) is 0 Å². The maximum Gasteiger partial charge on any atom is -0.147 e. The third-order valence-corrected chi connectivity index (χ3v) is 2.38. The maximum absolute atomic E-state index is 10.8. The minimum Gasteiger partial charge on any atom is -0.147 e. The van der Waals surface area contributed by atoms with E-state index in [-0.39, 0.29) is 39.6 Å². The van der Waals surface area contributed by atoms with Crippen LogP contribution in [0.4, 0.5) is 0 Å². The third kappa shape index (κ3) is 5.82. The van der Waals surface area contributed by atoms with Crippen LogP contribution in [-0.4, -0.2) is 40.0 Å². The summed E-state index contributed by atoms with van der Waals surface area (Å²) >= 11 is 4.27. The number of carbonyl (C=O) groups excluding carboxylic acids is 1. The molecule has 0 saturated carbocycles. The summed E-state index contributed by atoms with van der Waals surface area (Å²) in [5.41, 5.74) is 0. The molecule has 0 unspecified atom stereocenters. The Morgan fingerprint density at radius 1 is 1.82 bits per heavy atom. The zero-order valence-electron chi connectivity index (χ0n) is 6.36. The summed E-state index contributed by atoms with van der Waals surface area (Å²) in [6.07, 6.45) is 0. The molecule has 0 aromatic heterocycles. The SMILES string of the molecule is COC(=O)[C@H](CS)N[Se]C.Cl. The first kappa shape index (κ1) is 14.1. The van der Waals surface area contributed by atoms with Gasteiger partial charge in [-0.2, -0.15) is 0 Å². The standard InChI is InChI=1S/C5H11NO2SSe.ClH/c1-8-5(7)4(3-9)6-10-2;/h4,6,9H,3H2,1-2H3;1H/t4-;/m0./s1. The molecule has 0 saturated heterocycles. The molecule has 1 N–H and O–H groups in total. The molecule has 0 aliphatic heterocycles. The molecule has 3 nitrogen and oxygen atoms in total. The monoisotopic (exact) mass is 265 g/mol. The number of halogens is 1. The molecule has 1 atom stereocenters. The largest absolute Gasteiger partial charge is 0.147 e. The Kier molecular flexibility index (Phi) is 11.2.